The lowest BCUT2D eigenvalue weighted by Crippen LogP contribution is -2.32. The number of hydrogen-bond donors (Lipinski definition) is 0. The van der Waals surface area contributed by atoms with Gasteiger partial charge in [0.05, 0.1) is 30.6 Å². The third-order valence-electron chi connectivity index (χ3n) is 5.53. The second kappa shape index (κ2) is 12.1. The normalized spacial score (nSPS) is 14.3. The molecule has 12 nitrogen and oxygen atoms in total. The molecule has 0 saturated carbocycles. The van der Waals surface area contributed by atoms with Crippen molar-refractivity contribution in [3.63, 3.8) is 0 Å². The van der Waals surface area contributed by atoms with E-state index < -0.39 is 36.8 Å². The van der Waals surface area contributed by atoms with Gasteiger partial charge in [0.15, 0.2) is 27.9 Å². The number of amides is 2. The van der Waals surface area contributed by atoms with Crippen molar-refractivity contribution in [3.05, 3.63) is 87.3 Å². The number of carbonyl (C=O) groups excluding carboxylic acids is 2. The van der Waals surface area contributed by atoms with Crippen LogP contribution in [0.2, 0.25) is 0 Å². The molecule has 0 aromatic heterocycles. The van der Waals surface area contributed by atoms with Gasteiger partial charge >= 0.3 is 10.1 Å². The van der Waals surface area contributed by atoms with Crippen molar-refractivity contribution >= 4 is 44.8 Å². The number of nitro benzene ring substituents is 1. The fourth-order valence-corrected chi connectivity index (χ4v) is 5.63. The van der Waals surface area contributed by atoms with Crippen LogP contribution in [0.5, 0.6) is 23.0 Å². The van der Waals surface area contributed by atoms with Crippen LogP contribution in [0.3, 0.4) is 0 Å². The van der Waals surface area contributed by atoms with Gasteiger partial charge in [-0.05, 0) is 53.7 Å². The van der Waals surface area contributed by atoms with Gasteiger partial charge in [0, 0.05) is 6.07 Å². The lowest BCUT2D eigenvalue weighted by molar-refractivity contribution is -0.387. The van der Waals surface area contributed by atoms with Crippen LogP contribution in [0.4, 0.5) is 10.5 Å². The van der Waals surface area contributed by atoms with Crippen molar-refractivity contribution in [2.24, 2.45) is 0 Å². The number of imide groups is 1. The zero-order chi connectivity index (χ0) is 28.9. The average Bonchev–Trinajstić information content (AvgIpc) is 3.21. The van der Waals surface area contributed by atoms with Gasteiger partial charge in [0.1, 0.15) is 6.61 Å². The molecule has 0 unspecified atom stereocenters. The number of para-hydroxylation sites is 3. The van der Waals surface area contributed by atoms with Crippen molar-refractivity contribution in [2.45, 2.75) is 4.90 Å². The summed E-state index contributed by atoms with van der Waals surface area (Å²) in [4.78, 5) is 36.4. The Morgan fingerprint density at radius 1 is 0.925 bits per heavy atom. The van der Waals surface area contributed by atoms with E-state index in [4.69, 9.17) is 18.4 Å². The standard InChI is InChI=1S/C26H22N2O10S2/c1-35-19-8-4-5-9-20(19)37-14-13-27-25(29)23(39-26(27)30)16-17-11-12-21(22(15-17)36-2)38-40(33,34)24-10-6-3-7-18(24)28(31)32/h3-12,15-16H,13-14H2,1-2H3/b23-16-. The topological polar surface area (TPSA) is 152 Å². The van der Waals surface area contributed by atoms with E-state index in [1.54, 1.807) is 24.3 Å². The Balaban J connectivity index is 1.48. The second-order valence-electron chi connectivity index (χ2n) is 8.01. The number of benzene rings is 3. The van der Waals surface area contributed by atoms with Crippen LogP contribution in [0.1, 0.15) is 5.56 Å². The summed E-state index contributed by atoms with van der Waals surface area (Å²) in [6.45, 7) is 0.0687. The lowest BCUT2D eigenvalue weighted by atomic mass is 10.2. The van der Waals surface area contributed by atoms with Crippen molar-refractivity contribution in [1.29, 1.82) is 0 Å². The SMILES string of the molecule is COc1ccccc1OCCN1C(=O)S/C(=C\c2ccc(OS(=O)(=O)c3ccccc3[N+](=O)[O-])c(OC)c2)C1=O. The number of rotatable bonds is 11. The first-order valence-electron chi connectivity index (χ1n) is 11.5. The minimum absolute atomic E-state index is 0.0135. The molecule has 3 aromatic carbocycles. The quantitative estimate of drug-likeness (QED) is 0.135. The van der Waals surface area contributed by atoms with Crippen LogP contribution in [-0.4, -0.2) is 56.8 Å². The molecular weight excluding hydrogens is 564 g/mol. The van der Waals surface area contributed by atoms with Gasteiger partial charge in [0.25, 0.3) is 16.8 Å². The molecule has 14 heteroatoms. The summed E-state index contributed by atoms with van der Waals surface area (Å²) in [5.41, 5.74) is -0.217. The molecule has 2 amide bonds. The summed E-state index contributed by atoms with van der Waals surface area (Å²) < 4.78 is 46.8. The van der Waals surface area contributed by atoms with E-state index in [1.807, 2.05) is 0 Å². The fraction of sp³-hybridized carbons (Fsp3) is 0.154. The molecule has 208 valence electrons. The summed E-state index contributed by atoms with van der Waals surface area (Å²) in [6.07, 6.45) is 1.45. The Morgan fingerprint density at radius 2 is 1.60 bits per heavy atom. The van der Waals surface area contributed by atoms with E-state index >= 15 is 0 Å². The second-order valence-corrected chi connectivity index (χ2v) is 10.5. The fourth-order valence-electron chi connectivity index (χ4n) is 3.65. The van der Waals surface area contributed by atoms with Crippen LogP contribution in [0.25, 0.3) is 6.08 Å². The first kappa shape index (κ1) is 28.4. The van der Waals surface area contributed by atoms with Crippen molar-refractivity contribution in [2.75, 3.05) is 27.4 Å². The van der Waals surface area contributed by atoms with Gasteiger partial charge in [-0.15, -0.1) is 0 Å². The Morgan fingerprint density at radius 3 is 2.30 bits per heavy atom. The van der Waals surface area contributed by atoms with E-state index in [0.29, 0.717) is 17.1 Å². The van der Waals surface area contributed by atoms with Gasteiger partial charge in [-0.2, -0.15) is 8.42 Å². The van der Waals surface area contributed by atoms with Gasteiger partial charge in [0.2, 0.25) is 0 Å². The Hall–Kier alpha value is -4.56. The zero-order valence-electron chi connectivity index (χ0n) is 21.1. The third-order valence-corrected chi connectivity index (χ3v) is 7.72. The summed E-state index contributed by atoms with van der Waals surface area (Å²) in [7, 11) is -1.80. The minimum atomic E-state index is -4.58. The average molecular weight is 587 g/mol. The molecular formula is C26H22N2O10S2. The van der Waals surface area contributed by atoms with Crippen LogP contribution < -0.4 is 18.4 Å². The number of thioether (sulfide) groups is 1. The highest BCUT2D eigenvalue weighted by molar-refractivity contribution is 8.18. The van der Waals surface area contributed by atoms with Gasteiger partial charge in [-0.1, -0.05) is 30.3 Å². The highest BCUT2D eigenvalue weighted by Gasteiger charge is 2.35. The molecule has 0 atom stereocenters. The molecule has 1 aliphatic rings. The smallest absolute Gasteiger partial charge is 0.346 e. The molecule has 0 bridgehead atoms. The third kappa shape index (κ3) is 6.18. The summed E-state index contributed by atoms with van der Waals surface area (Å²) in [5.74, 6) is 0.245. The van der Waals surface area contributed by atoms with Crippen molar-refractivity contribution in [3.8, 4) is 23.0 Å². The van der Waals surface area contributed by atoms with Gasteiger partial charge < -0.3 is 18.4 Å². The molecule has 0 N–H and O–H groups in total. The lowest BCUT2D eigenvalue weighted by Gasteiger charge is -2.14. The van der Waals surface area contributed by atoms with E-state index in [9.17, 15) is 28.1 Å². The first-order chi connectivity index (χ1) is 19.1. The number of ether oxygens (including phenoxy) is 3. The highest BCUT2D eigenvalue weighted by atomic mass is 32.2. The van der Waals surface area contributed by atoms with E-state index in [-0.39, 0.29) is 29.6 Å². The molecule has 40 heavy (non-hydrogen) atoms. The van der Waals surface area contributed by atoms with Gasteiger partial charge in [-0.25, -0.2) is 0 Å². The van der Waals surface area contributed by atoms with Crippen LogP contribution >= 0.6 is 11.8 Å². The van der Waals surface area contributed by atoms with Crippen molar-refractivity contribution in [1.82, 2.24) is 4.90 Å². The largest absolute Gasteiger partial charge is 0.493 e. The number of nitrogens with zero attached hydrogens (tertiary/aromatic N) is 2. The minimum Gasteiger partial charge on any atom is -0.493 e. The number of methoxy groups -OCH3 is 2. The maximum Gasteiger partial charge on any atom is 0.346 e. The molecule has 1 saturated heterocycles. The zero-order valence-corrected chi connectivity index (χ0v) is 22.8. The predicted molar refractivity (Wildman–Crippen MR) is 145 cm³/mol. The maximum atomic E-state index is 12.9. The van der Waals surface area contributed by atoms with Crippen LogP contribution in [0.15, 0.2) is 76.5 Å². The van der Waals surface area contributed by atoms with Crippen LogP contribution in [-0.2, 0) is 14.9 Å². The highest BCUT2D eigenvalue weighted by Crippen LogP contribution is 2.36. The number of nitro groups is 1. The molecule has 0 radical (unpaired) electrons. The van der Waals surface area contributed by atoms with E-state index in [0.717, 1.165) is 28.8 Å². The molecule has 3 aromatic rings. The predicted octanol–water partition coefficient (Wildman–Crippen LogP) is 4.50. The van der Waals surface area contributed by atoms with E-state index in [1.165, 1.54) is 50.6 Å². The number of hydrogen-bond acceptors (Lipinski definition) is 11. The Bertz CT molecular complexity index is 1600. The first-order valence-corrected chi connectivity index (χ1v) is 13.7. The molecule has 1 fully saturated rings. The van der Waals surface area contributed by atoms with E-state index in [2.05, 4.69) is 0 Å². The molecule has 0 spiro atoms. The molecule has 1 heterocycles. The van der Waals surface area contributed by atoms with Crippen LogP contribution in [0, 0.1) is 10.1 Å². The molecule has 4 rings (SSSR count). The Kier molecular flexibility index (Phi) is 8.60. The number of carbonyl (C=O) groups is 2. The maximum absolute atomic E-state index is 12.9. The molecule has 0 aliphatic carbocycles. The van der Waals surface area contributed by atoms with Crippen molar-refractivity contribution < 1.29 is 41.3 Å². The summed E-state index contributed by atoms with van der Waals surface area (Å²) in [5, 5.41) is 10.8. The Labute approximate surface area is 233 Å². The van der Waals surface area contributed by atoms with Gasteiger partial charge in [-0.3, -0.25) is 24.6 Å². The monoisotopic (exact) mass is 586 g/mol. The summed E-state index contributed by atoms with van der Waals surface area (Å²) in [6, 6.07) is 15.9. The summed E-state index contributed by atoms with van der Waals surface area (Å²) >= 11 is 0.746. The molecule has 1 aliphatic heterocycles.